The van der Waals surface area contributed by atoms with Crippen molar-refractivity contribution >= 4 is 8.32 Å². The summed E-state index contributed by atoms with van der Waals surface area (Å²) in [6.45, 7) is 0. The van der Waals surface area contributed by atoms with Gasteiger partial charge >= 0.3 is 0 Å². The molecule has 28 heavy (non-hydrogen) atoms. The zero-order valence-electron chi connectivity index (χ0n) is 16.2. The van der Waals surface area contributed by atoms with Crippen molar-refractivity contribution in [3.05, 3.63) is 119 Å². The lowest BCUT2D eigenvalue weighted by Gasteiger charge is -2.33. The number of hydrogen-bond donors (Lipinski definition) is 1. The Morgan fingerprint density at radius 2 is 1.04 bits per heavy atom. The molecular formula is C25H27NOSi. The molecule has 0 amide bonds. The average Bonchev–Trinajstić information content (AvgIpc) is 2.69. The summed E-state index contributed by atoms with van der Waals surface area (Å²) >= 11 is 0. The molecular weight excluding hydrogens is 358 g/mol. The first kappa shape index (κ1) is 18.7. The molecule has 3 aromatic rings. The van der Waals surface area contributed by atoms with Crippen molar-refractivity contribution in [2.45, 2.75) is 31.0 Å². The van der Waals surface area contributed by atoms with Gasteiger partial charge in [0, 0.05) is 5.70 Å². The van der Waals surface area contributed by atoms with Gasteiger partial charge in [0.2, 0.25) is 8.32 Å². The Kier molecular flexibility index (Phi) is 6.05. The minimum Gasteiger partial charge on any atom is -0.321 e. The molecule has 0 unspecified atom stereocenters. The molecule has 142 valence electrons. The van der Waals surface area contributed by atoms with Crippen molar-refractivity contribution in [2.24, 2.45) is 0 Å². The molecule has 0 saturated heterocycles. The highest BCUT2D eigenvalue weighted by Crippen LogP contribution is 2.25. The van der Waals surface area contributed by atoms with E-state index in [2.05, 4.69) is 103 Å². The topological polar surface area (TPSA) is 21.3 Å². The van der Waals surface area contributed by atoms with Crippen LogP contribution in [-0.2, 0) is 22.7 Å². The van der Waals surface area contributed by atoms with Gasteiger partial charge < -0.3 is 4.53 Å². The number of hydrogen-bond acceptors (Lipinski definition) is 2. The lowest BCUT2D eigenvalue weighted by atomic mass is 10.1. The van der Waals surface area contributed by atoms with Gasteiger partial charge in [0.1, 0.15) is 0 Å². The molecule has 0 fully saturated rings. The van der Waals surface area contributed by atoms with Gasteiger partial charge in [-0.05, 0) is 47.7 Å². The Hall–Kier alpha value is -2.62. The van der Waals surface area contributed by atoms with Gasteiger partial charge in [0.15, 0.2) is 0 Å². The predicted molar refractivity (Wildman–Crippen MR) is 118 cm³/mol. The zero-order chi connectivity index (χ0) is 19.1. The lowest BCUT2D eigenvalue weighted by Crippen LogP contribution is -2.51. The van der Waals surface area contributed by atoms with Crippen molar-refractivity contribution in [1.82, 2.24) is 5.48 Å². The maximum Gasteiger partial charge on any atom is 0.242 e. The average molecular weight is 386 g/mol. The second-order valence-electron chi connectivity index (χ2n) is 7.64. The third-order valence-corrected chi connectivity index (χ3v) is 9.00. The van der Waals surface area contributed by atoms with Crippen LogP contribution in [0.5, 0.6) is 0 Å². The highest BCUT2D eigenvalue weighted by molar-refractivity contribution is 6.72. The largest absolute Gasteiger partial charge is 0.321 e. The van der Waals surface area contributed by atoms with Gasteiger partial charge in [-0.25, -0.2) is 0 Å². The Morgan fingerprint density at radius 3 is 1.36 bits per heavy atom. The molecule has 1 aliphatic carbocycles. The van der Waals surface area contributed by atoms with Crippen molar-refractivity contribution in [3.63, 3.8) is 0 Å². The highest BCUT2D eigenvalue weighted by atomic mass is 28.4. The fraction of sp³-hybridized carbons (Fsp3) is 0.200. The number of rotatable bonds is 9. The van der Waals surface area contributed by atoms with Gasteiger partial charge in [-0.3, -0.25) is 5.48 Å². The fourth-order valence-corrected chi connectivity index (χ4v) is 7.63. The van der Waals surface area contributed by atoms with Crippen LogP contribution in [0.25, 0.3) is 0 Å². The predicted octanol–water partition coefficient (Wildman–Crippen LogP) is 5.48. The summed E-state index contributed by atoms with van der Waals surface area (Å²) in [6.07, 6.45) is 4.47. The number of nitrogens with one attached hydrogen (secondary N) is 1. The molecule has 0 aliphatic heterocycles. The molecule has 0 radical (unpaired) electrons. The number of benzene rings is 3. The van der Waals surface area contributed by atoms with E-state index in [-0.39, 0.29) is 0 Å². The quantitative estimate of drug-likeness (QED) is 0.389. The third kappa shape index (κ3) is 5.00. The number of allylic oxidation sites excluding steroid dienone is 2. The molecule has 0 aromatic heterocycles. The Labute approximate surface area is 169 Å². The van der Waals surface area contributed by atoms with Crippen LogP contribution in [0.2, 0.25) is 0 Å². The highest BCUT2D eigenvalue weighted by Gasteiger charge is 2.38. The first-order valence-electron chi connectivity index (χ1n) is 10.1. The van der Waals surface area contributed by atoms with Crippen molar-refractivity contribution in [2.75, 3.05) is 0 Å². The summed E-state index contributed by atoms with van der Waals surface area (Å²) in [5, 5.41) is 0. The van der Waals surface area contributed by atoms with Crippen molar-refractivity contribution in [1.29, 1.82) is 0 Å². The molecule has 4 rings (SSSR count). The van der Waals surface area contributed by atoms with Gasteiger partial charge in [-0.1, -0.05) is 97.1 Å². The second kappa shape index (κ2) is 9.05. The Bertz CT molecular complexity index is 792. The molecule has 3 aromatic carbocycles. The minimum atomic E-state index is -2.22. The van der Waals surface area contributed by atoms with E-state index in [1.807, 2.05) is 0 Å². The van der Waals surface area contributed by atoms with Gasteiger partial charge in [-0.15, -0.1) is 0 Å². The standard InChI is InChI=1S/C25H27NOSi/c1-4-11-22(12-5-1)19-28(27-26-25-17-10-18-25,20-23-13-6-2-7-14-23)21-24-15-8-3-9-16-24/h1-9,11-17,26H,10,18-21H2. The van der Waals surface area contributed by atoms with Crippen LogP contribution in [0.15, 0.2) is 103 Å². The van der Waals surface area contributed by atoms with Crippen LogP contribution < -0.4 is 5.48 Å². The first-order valence-corrected chi connectivity index (χ1v) is 12.6. The third-order valence-electron chi connectivity index (χ3n) is 5.31. The summed E-state index contributed by atoms with van der Waals surface area (Å²) in [7, 11) is -2.22. The summed E-state index contributed by atoms with van der Waals surface area (Å²) in [6, 6.07) is 35.3. The zero-order valence-corrected chi connectivity index (χ0v) is 17.2. The van der Waals surface area contributed by atoms with Gasteiger partial charge in [0.05, 0.1) is 0 Å². The number of hydroxylamine groups is 1. The SMILES string of the molecule is C1=C(NO[Si](Cc2ccccc2)(Cc2ccccc2)Cc2ccccc2)CC1. The molecule has 0 spiro atoms. The van der Waals surface area contributed by atoms with Crippen LogP contribution in [0.4, 0.5) is 0 Å². The van der Waals surface area contributed by atoms with E-state index in [1.165, 1.54) is 22.4 Å². The van der Waals surface area contributed by atoms with E-state index < -0.39 is 8.32 Å². The lowest BCUT2D eigenvalue weighted by molar-refractivity contribution is 0.199. The normalized spacial score (nSPS) is 13.5. The van der Waals surface area contributed by atoms with Crippen LogP contribution in [-0.4, -0.2) is 8.32 Å². The molecule has 0 saturated carbocycles. The summed E-state index contributed by atoms with van der Waals surface area (Å²) in [5.74, 6) is 0. The Balaban J connectivity index is 1.67. The van der Waals surface area contributed by atoms with E-state index in [4.69, 9.17) is 4.53 Å². The molecule has 0 bridgehead atoms. The minimum absolute atomic E-state index is 0.984. The van der Waals surface area contributed by atoms with Crippen LogP contribution >= 0.6 is 0 Å². The van der Waals surface area contributed by atoms with E-state index in [0.717, 1.165) is 31.0 Å². The maximum atomic E-state index is 6.67. The van der Waals surface area contributed by atoms with E-state index >= 15 is 0 Å². The molecule has 0 heterocycles. The second-order valence-corrected chi connectivity index (χ2v) is 11.3. The molecule has 3 heteroatoms. The summed E-state index contributed by atoms with van der Waals surface area (Å²) in [5.41, 5.74) is 8.63. The van der Waals surface area contributed by atoms with E-state index in [9.17, 15) is 0 Å². The van der Waals surface area contributed by atoms with Gasteiger partial charge in [0.25, 0.3) is 0 Å². The smallest absolute Gasteiger partial charge is 0.242 e. The van der Waals surface area contributed by atoms with E-state index in [0.29, 0.717) is 0 Å². The summed E-state index contributed by atoms with van der Waals surface area (Å²) < 4.78 is 6.67. The van der Waals surface area contributed by atoms with Crippen molar-refractivity contribution < 1.29 is 4.53 Å². The monoisotopic (exact) mass is 385 g/mol. The summed E-state index contributed by atoms with van der Waals surface area (Å²) in [4.78, 5) is 0. The fourth-order valence-electron chi connectivity index (χ4n) is 3.75. The van der Waals surface area contributed by atoms with E-state index in [1.54, 1.807) is 0 Å². The van der Waals surface area contributed by atoms with Gasteiger partial charge in [-0.2, -0.15) is 0 Å². The molecule has 0 atom stereocenters. The van der Waals surface area contributed by atoms with Crippen LogP contribution in [0.1, 0.15) is 29.5 Å². The molecule has 1 N–H and O–H groups in total. The maximum absolute atomic E-state index is 6.67. The Morgan fingerprint density at radius 1 is 0.643 bits per heavy atom. The first-order chi connectivity index (χ1) is 13.8. The van der Waals surface area contributed by atoms with Crippen LogP contribution in [0, 0.1) is 0 Å². The van der Waals surface area contributed by atoms with Crippen molar-refractivity contribution in [3.8, 4) is 0 Å². The molecule has 1 aliphatic rings. The van der Waals surface area contributed by atoms with Crippen LogP contribution in [0.3, 0.4) is 0 Å². The molecule has 2 nitrogen and oxygen atoms in total.